The second kappa shape index (κ2) is 15.7. The summed E-state index contributed by atoms with van der Waals surface area (Å²) < 4.78 is 11.5. The van der Waals surface area contributed by atoms with E-state index in [2.05, 4.69) is 62.4 Å². The van der Waals surface area contributed by atoms with E-state index in [1.165, 1.54) is 62.5 Å². The first-order chi connectivity index (χ1) is 19.7. The number of hydrogen-bond donors (Lipinski definition) is 0. The fourth-order valence-electron chi connectivity index (χ4n) is 5.00. The maximum absolute atomic E-state index is 13.0. The zero-order valence-corrected chi connectivity index (χ0v) is 24.0. The predicted octanol–water partition coefficient (Wildman–Crippen LogP) is 10.8. The summed E-state index contributed by atoms with van der Waals surface area (Å²) >= 11 is 0. The highest BCUT2D eigenvalue weighted by molar-refractivity contribution is 5.78. The number of ether oxygens (including phenoxy) is 2. The van der Waals surface area contributed by atoms with E-state index in [1.54, 1.807) is 12.1 Å². The van der Waals surface area contributed by atoms with E-state index in [1.807, 2.05) is 36.4 Å². The van der Waals surface area contributed by atoms with Crippen molar-refractivity contribution in [1.29, 1.82) is 0 Å². The van der Waals surface area contributed by atoms with Gasteiger partial charge in [0.05, 0.1) is 0 Å². The lowest BCUT2D eigenvalue weighted by molar-refractivity contribution is 0.152. The van der Waals surface area contributed by atoms with Crippen molar-refractivity contribution in [3.8, 4) is 33.8 Å². The standard InChI is InChI=1S/C37H42O3/c1-3-5-7-9-15-29-21-25-31(26-22-29)33-17-11-13-19-35(33)39-37(38)40-36-20-14-12-18-34(36)32-27-23-30(24-28-32)16-10-8-6-4-2/h11-14,17-28H,3-10,15-16H2,1-2H3. The summed E-state index contributed by atoms with van der Waals surface area (Å²) in [6, 6.07) is 32.3. The molecule has 0 aromatic heterocycles. The Morgan fingerprint density at radius 2 is 0.900 bits per heavy atom. The summed E-state index contributed by atoms with van der Waals surface area (Å²) in [5.41, 5.74) is 6.41. The van der Waals surface area contributed by atoms with Gasteiger partial charge in [0.25, 0.3) is 0 Å². The van der Waals surface area contributed by atoms with E-state index < -0.39 is 6.16 Å². The van der Waals surface area contributed by atoms with Gasteiger partial charge in [-0.25, -0.2) is 4.79 Å². The molecule has 0 saturated heterocycles. The minimum absolute atomic E-state index is 0.480. The van der Waals surface area contributed by atoms with Crippen molar-refractivity contribution in [3.05, 3.63) is 108 Å². The lowest BCUT2D eigenvalue weighted by atomic mass is 10.0. The number of rotatable bonds is 14. The van der Waals surface area contributed by atoms with Crippen LogP contribution in [0.25, 0.3) is 22.3 Å². The largest absolute Gasteiger partial charge is 0.519 e. The molecule has 0 saturated carbocycles. The summed E-state index contributed by atoms with van der Waals surface area (Å²) in [6.07, 6.45) is 11.5. The monoisotopic (exact) mass is 534 g/mol. The van der Waals surface area contributed by atoms with Gasteiger partial charge in [-0.15, -0.1) is 0 Å². The number of aryl methyl sites for hydroxylation is 2. The Kier molecular flexibility index (Phi) is 11.4. The molecule has 0 heterocycles. The average Bonchev–Trinajstić information content (AvgIpc) is 2.99. The van der Waals surface area contributed by atoms with Gasteiger partial charge in [-0.2, -0.15) is 0 Å². The minimum Gasteiger partial charge on any atom is -0.394 e. The third-order valence-corrected chi connectivity index (χ3v) is 7.33. The molecule has 0 N–H and O–H groups in total. The van der Waals surface area contributed by atoms with Gasteiger partial charge in [0.1, 0.15) is 11.5 Å². The van der Waals surface area contributed by atoms with Gasteiger partial charge < -0.3 is 9.47 Å². The van der Waals surface area contributed by atoms with E-state index in [9.17, 15) is 4.79 Å². The normalized spacial score (nSPS) is 10.8. The third kappa shape index (κ3) is 8.58. The molecular weight excluding hydrogens is 492 g/mol. The molecule has 0 fully saturated rings. The Hall–Kier alpha value is -3.85. The second-order valence-electron chi connectivity index (χ2n) is 10.5. The maximum atomic E-state index is 13.0. The third-order valence-electron chi connectivity index (χ3n) is 7.33. The predicted molar refractivity (Wildman–Crippen MR) is 166 cm³/mol. The first kappa shape index (κ1) is 29.1. The molecule has 3 heteroatoms. The Balaban J connectivity index is 1.41. The second-order valence-corrected chi connectivity index (χ2v) is 10.5. The van der Waals surface area contributed by atoms with Crippen LogP contribution < -0.4 is 9.47 Å². The molecule has 4 aromatic rings. The van der Waals surface area contributed by atoms with Crippen LogP contribution in [0.4, 0.5) is 4.79 Å². The molecule has 0 spiro atoms. The molecule has 3 nitrogen and oxygen atoms in total. The van der Waals surface area contributed by atoms with Gasteiger partial charge in [0.2, 0.25) is 0 Å². The van der Waals surface area contributed by atoms with Crippen molar-refractivity contribution in [2.75, 3.05) is 0 Å². The Labute approximate surface area is 240 Å². The molecule has 0 unspecified atom stereocenters. The molecule has 4 aromatic carbocycles. The molecule has 4 rings (SSSR count). The molecule has 0 aliphatic carbocycles. The van der Waals surface area contributed by atoms with Crippen molar-refractivity contribution in [2.45, 2.75) is 78.1 Å². The topological polar surface area (TPSA) is 35.5 Å². The van der Waals surface area contributed by atoms with Gasteiger partial charge in [-0.05, 0) is 60.1 Å². The lowest BCUT2D eigenvalue weighted by Crippen LogP contribution is -2.14. The van der Waals surface area contributed by atoms with Crippen LogP contribution in [0, 0.1) is 0 Å². The SMILES string of the molecule is CCCCCCc1ccc(-c2ccccc2OC(=O)Oc2ccccc2-c2ccc(CCCCCC)cc2)cc1. The number of benzene rings is 4. The zero-order chi connectivity index (χ0) is 28.0. The van der Waals surface area contributed by atoms with Crippen molar-refractivity contribution in [3.63, 3.8) is 0 Å². The molecule has 0 atom stereocenters. The van der Waals surface area contributed by atoms with Gasteiger partial charge >= 0.3 is 6.16 Å². The van der Waals surface area contributed by atoms with Crippen molar-refractivity contribution < 1.29 is 14.3 Å². The van der Waals surface area contributed by atoms with Crippen LogP contribution in [0.15, 0.2) is 97.1 Å². The number of hydrogen-bond acceptors (Lipinski definition) is 3. The van der Waals surface area contributed by atoms with Gasteiger partial charge in [0, 0.05) is 11.1 Å². The number of carbonyl (C=O) groups excluding carboxylic acids is 1. The number of para-hydroxylation sites is 2. The summed E-state index contributed by atoms with van der Waals surface area (Å²) in [7, 11) is 0. The minimum atomic E-state index is -0.750. The molecule has 208 valence electrons. The fourth-order valence-corrected chi connectivity index (χ4v) is 5.00. The van der Waals surface area contributed by atoms with Crippen LogP contribution in [0.3, 0.4) is 0 Å². The highest BCUT2D eigenvalue weighted by Crippen LogP contribution is 2.33. The van der Waals surface area contributed by atoms with E-state index >= 15 is 0 Å². The van der Waals surface area contributed by atoms with Gasteiger partial charge in [-0.1, -0.05) is 137 Å². The van der Waals surface area contributed by atoms with Crippen LogP contribution in [0.2, 0.25) is 0 Å². The first-order valence-electron chi connectivity index (χ1n) is 14.9. The summed E-state index contributed by atoms with van der Waals surface area (Å²) in [4.78, 5) is 13.0. The summed E-state index contributed by atoms with van der Waals surface area (Å²) in [5, 5.41) is 0. The Morgan fingerprint density at radius 3 is 1.30 bits per heavy atom. The summed E-state index contributed by atoms with van der Waals surface area (Å²) in [5.74, 6) is 0.959. The van der Waals surface area contributed by atoms with Crippen molar-refractivity contribution >= 4 is 6.16 Å². The molecule has 0 bridgehead atoms. The summed E-state index contributed by atoms with van der Waals surface area (Å²) in [6.45, 7) is 4.47. The number of unbranched alkanes of at least 4 members (excludes halogenated alkanes) is 6. The zero-order valence-electron chi connectivity index (χ0n) is 24.0. The highest BCUT2D eigenvalue weighted by atomic mass is 16.7. The van der Waals surface area contributed by atoms with Crippen molar-refractivity contribution in [2.24, 2.45) is 0 Å². The Bertz CT molecular complexity index is 1220. The molecular formula is C37H42O3. The van der Waals surface area contributed by atoms with Crippen LogP contribution >= 0.6 is 0 Å². The van der Waals surface area contributed by atoms with Crippen LogP contribution in [-0.4, -0.2) is 6.16 Å². The molecule has 0 aliphatic rings. The molecule has 0 radical (unpaired) electrons. The molecule has 0 aliphatic heterocycles. The van der Waals surface area contributed by atoms with E-state index in [-0.39, 0.29) is 0 Å². The Morgan fingerprint density at radius 1 is 0.500 bits per heavy atom. The van der Waals surface area contributed by atoms with Crippen LogP contribution in [0.1, 0.15) is 76.3 Å². The van der Waals surface area contributed by atoms with E-state index in [0.717, 1.165) is 35.1 Å². The smallest absolute Gasteiger partial charge is 0.394 e. The number of carbonyl (C=O) groups is 1. The van der Waals surface area contributed by atoms with Crippen LogP contribution in [0.5, 0.6) is 11.5 Å². The lowest BCUT2D eigenvalue weighted by Gasteiger charge is -2.13. The quantitative estimate of drug-likeness (QED) is 0.0917. The van der Waals surface area contributed by atoms with E-state index in [4.69, 9.17) is 9.47 Å². The van der Waals surface area contributed by atoms with Crippen LogP contribution in [-0.2, 0) is 12.8 Å². The van der Waals surface area contributed by atoms with Gasteiger partial charge in [0.15, 0.2) is 0 Å². The molecule has 40 heavy (non-hydrogen) atoms. The first-order valence-corrected chi connectivity index (χ1v) is 14.9. The maximum Gasteiger partial charge on any atom is 0.519 e. The fraction of sp³-hybridized carbons (Fsp3) is 0.324. The highest BCUT2D eigenvalue weighted by Gasteiger charge is 2.15. The average molecular weight is 535 g/mol. The molecule has 0 amide bonds. The van der Waals surface area contributed by atoms with Crippen molar-refractivity contribution in [1.82, 2.24) is 0 Å². The van der Waals surface area contributed by atoms with Gasteiger partial charge in [-0.3, -0.25) is 0 Å². The van der Waals surface area contributed by atoms with E-state index in [0.29, 0.717) is 11.5 Å².